The highest BCUT2D eigenvalue weighted by atomic mass is 19.4. The fraction of sp³-hybridized carbons (Fsp3) is 0.429. The molecule has 1 unspecified atom stereocenters. The van der Waals surface area contributed by atoms with Crippen LogP contribution < -0.4 is 11.1 Å². The Kier molecular flexibility index (Phi) is 4.98. The summed E-state index contributed by atoms with van der Waals surface area (Å²) in [4.78, 5) is 23.0. The van der Waals surface area contributed by atoms with Crippen LogP contribution in [0.3, 0.4) is 0 Å². The Morgan fingerprint density at radius 3 is 2.19 bits per heavy atom. The van der Waals surface area contributed by atoms with Gasteiger partial charge in [-0.05, 0) is 25.0 Å². The number of hydrogen-bond acceptors (Lipinski definition) is 3. The second-order valence-electron chi connectivity index (χ2n) is 5.05. The van der Waals surface area contributed by atoms with Crippen molar-refractivity contribution < 1.29 is 22.8 Å². The van der Waals surface area contributed by atoms with E-state index in [1.54, 1.807) is 13.8 Å². The van der Waals surface area contributed by atoms with Crippen molar-refractivity contribution in [1.82, 2.24) is 0 Å². The van der Waals surface area contributed by atoms with Crippen molar-refractivity contribution >= 4 is 17.4 Å². The predicted octanol–water partition coefficient (Wildman–Crippen LogP) is 2.83. The fourth-order valence-electron chi connectivity index (χ4n) is 2.02. The quantitative estimate of drug-likeness (QED) is 0.822. The minimum absolute atomic E-state index is 0.0465. The molecule has 1 aromatic carbocycles. The van der Waals surface area contributed by atoms with Gasteiger partial charge in [-0.25, -0.2) is 0 Å². The molecule has 0 saturated heterocycles. The maximum atomic E-state index is 13.0. The van der Waals surface area contributed by atoms with Gasteiger partial charge in [-0.2, -0.15) is 13.2 Å². The number of amides is 1. The predicted molar refractivity (Wildman–Crippen MR) is 72.9 cm³/mol. The Balaban J connectivity index is 3.37. The second-order valence-corrected chi connectivity index (χ2v) is 5.05. The summed E-state index contributed by atoms with van der Waals surface area (Å²) in [6.45, 7) is 4.44. The topological polar surface area (TPSA) is 72.2 Å². The van der Waals surface area contributed by atoms with Gasteiger partial charge in [0.1, 0.15) is 6.04 Å². The highest BCUT2D eigenvalue weighted by molar-refractivity contribution is 6.02. The van der Waals surface area contributed by atoms with Gasteiger partial charge in [-0.1, -0.05) is 19.9 Å². The smallest absolute Gasteiger partial charge is 0.373 e. The van der Waals surface area contributed by atoms with E-state index in [2.05, 4.69) is 5.32 Å². The van der Waals surface area contributed by atoms with Crippen molar-refractivity contribution in [2.75, 3.05) is 5.32 Å². The molecule has 0 aliphatic heterocycles. The Morgan fingerprint density at radius 2 is 1.81 bits per heavy atom. The number of hydrogen-bond donors (Lipinski definition) is 2. The molecule has 0 aliphatic rings. The first-order valence-electron chi connectivity index (χ1n) is 6.32. The molecular formula is C14H17F3N2O2. The third kappa shape index (κ3) is 3.96. The van der Waals surface area contributed by atoms with Gasteiger partial charge < -0.3 is 11.1 Å². The lowest BCUT2D eigenvalue weighted by molar-refractivity contribution is -0.137. The van der Waals surface area contributed by atoms with Crippen LogP contribution in [0.2, 0.25) is 0 Å². The van der Waals surface area contributed by atoms with Crippen LogP contribution in [0.5, 0.6) is 0 Å². The average Bonchev–Trinajstić information content (AvgIpc) is 2.33. The van der Waals surface area contributed by atoms with Gasteiger partial charge in [-0.15, -0.1) is 0 Å². The molecule has 1 rings (SSSR count). The molecule has 0 spiro atoms. The lowest BCUT2D eigenvalue weighted by atomic mass is 9.98. The molecule has 116 valence electrons. The Labute approximate surface area is 120 Å². The molecular weight excluding hydrogens is 285 g/mol. The molecule has 1 aromatic rings. The number of ketones is 1. The Hall–Kier alpha value is -2.05. The average molecular weight is 302 g/mol. The van der Waals surface area contributed by atoms with E-state index >= 15 is 0 Å². The normalized spacial score (nSPS) is 13.1. The minimum atomic E-state index is -4.65. The molecule has 0 aromatic heterocycles. The number of primary amides is 1. The van der Waals surface area contributed by atoms with Gasteiger partial charge in [-0.3, -0.25) is 9.59 Å². The largest absolute Gasteiger partial charge is 0.417 e. The summed E-state index contributed by atoms with van der Waals surface area (Å²) >= 11 is 0. The first kappa shape index (κ1) is 17.0. The number of benzene rings is 1. The first-order chi connectivity index (χ1) is 9.55. The maximum Gasteiger partial charge on any atom is 0.417 e. The van der Waals surface area contributed by atoms with Crippen molar-refractivity contribution in [3.8, 4) is 0 Å². The summed E-state index contributed by atoms with van der Waals surface area (Å²) in [6, 6.07) is 2.46. The zero-order chi connectivity index (χ0) is 16.4. The zero-order valence-electron chi connectivity index (χ0n) is 11.9. The third-order valence-corrected chi connectivity index (χ3v) is 3.01. The molecule has 3 N–H and O–H groups in total. The van der Waals surface area contributed by atoms with Gasteiger partial charge in [0.05, 0.1) is 11.1 Å². The van der Waals surface area contributed by atoms with Crippen LogP contribution in [0.15, 0.2) is 18.2 Å². The lowest BCUT2D eigenvalue weighted by Crippen LogP contribution is -2.40. The van der Waals surface area contributed by atoms with Crippen molar-refractivity contribution in [1.29, 1.82) is 0 Å². The highest BCUT2D eigenvalue weighted by Gasteiger charge is 2.36. The van der Waals surface area contributed by atoms with Gasteiger partial charge in [0.15, 0.2) is 5.78 Å². The number of nitrogens with two attached hydrogens (primary N) is 1. The first-order valence-corrected chi connectivity index (χ1v) is 6.32. The molecule has 0 radical (unpaired) electrons. The number of carbonyl (C=O) groups excluding carboxylic acids is 2. The maximum absolute atomic E-state index is 13.0. The van der Waals surface area contributed by atoms with E-state index < -0.39 is 35.0 Å². The summed E-state index contributed by atoms with van der Waals surface area (Å²) in [5, 5.41) is 2.64. The van der Waals surface area contributed by atoms with Gasteiger partial charge in [0.25, 0.3) is 0 Å². The van der Waals surface area contributed by atoms with Crippen molar-refractivity contribution in [2.24, 2.45) is 11.7 Å². The zero-order valence-corrected chi connectivity index (χ0v) is 11.9. The van der Waals surface area contributed by atoms with E-state index in [1.165, 1.54) is 12.1 Å². The highest BCUT2D eigenvalue weighted by Crippen LogP contribution is 2.35. The number of rotatable bonds is 5. The summed E-state index contributed by atoms with van der Waals surface area (Å²) in [7, 11) is 0. The van der Waals surface area contributed by atoms with Gasteiger partial charge >= 0.3 is 6.18 Å². The molecule has 4 nitrogen and oxygen atoms in total. The molecule has 0 aliphatic carbocycles. The summed E-state index contributed by atoms with van der Waals surface area (Å²) in [6.07, 6.45) is -4.65. The molecule has 0 fully saturated rings. The van der Waals surface area contributed by atoms with E-state index in [0.717, 1.165) is 13.0 Å². The van der Waals surface area contributed by atoms with Crippen LogP contribution in [0, 0.1) is 5.92 Å². The fourth-order valence-corrected chi connectivity index (χ4v) is 2.02. The minimum Gasteiger partial charge on any atom is -0.373 e. The molecule has 7 heteroatoms. The van der Waals surface area contributed by atoms with E-state index in [4.69, 9.17) is 5.73 Å². The monoisotopic (exact) mass is 302 g/mol. The van der Waals surface area contributed by atoms with E-state index in [1.807, 2.05) is 0 Å². The number of halogens is 3. The molecule has 0 bridgehead atoms. The summed E-state index contributed by atoms with van der Waals surface area (Å²) < 4.78 is 38.9. The van der Waals surface area contributed by atoms with E-state index in [-0.39, 0.29) is 11.6 Å². The van der Waals surface area contributed by atoms with Crippen LogP contribution in [0.1, 0.15) is 36.7 Å². The van der Waals surface area contributed by atoms with Gasteiger partial charge in [0.2, 0.25) is 5.91 Å². The van der Waals surface area contributed by atoms with Gasteiger partial charge in [0, 0.05) is 5.69 Å². The van der Waals surface area contributed by atoms with Crippen LogP contribution in [-0.4, -0.2) is 17.7 Å². The third-order valence-electron chi connectivity index (χ3n) is 3.01. The number of anilines is 1. The van der Waals surface area contributed by atoms with Crippen LogP contribution in [-0.2, 0) is 11.0 Å². The Bertz CT molecular complexity index is 554. The Morgan fingerprint density at radius 1 is 1.24 bits per heavy atom. The number of alkyl halides is 3. The van der Waals surface area contributed by atoms with Crippen molar-refractivity contribution in [3.63, 3.8) is 0 Å². The number of Topliss-reactive ketones (excluding diaryl/α,β-unsaturated/α-hetero) is 1. The van der Waals surface area contributed by atoms with Crippen LogP contribution >= 0.6 is 0 Å². The molecule has 21 heavy (non-hydrogen) atoms. The number of nitrogens with one attached hydrogen (secondary N) is 1. The molecule has 1 atom stereocenters. The van der Waals surface area contributed by atoms with Crippen LogP contribution in [0.25, 0.3) is 0 Å². The standard InChI is InChI=1S/C14H17F3N2O2/c1-7(2)12(13(18)21)19-10-6-4-5-9(14(15,16)17)11(10)8(3)20/h4-7,12,19H,1-3H3,(H2,18,21). The molecule has 0 saturated carbocycles. The van der Waals surface area contributed by atoms with E-state index in [9.17, 15) is 22.8 Å². The lowest BCUT2D eigenvalue weighted by Gasteiger charge is -2.23. The second kappa shape index (κ2) is 6.15. The molecule has 1 amide bonds. The molecule has 0 heterocycles. The summed E-state index contributed by atoms with van der Waals surface area (Å²) in [5.74, 6) is -1.67. The number of carbonyl (C=O) groups is 2. The summed E-state index contributed by atoms with van der Waals surface area (Å²) in [5.41, 5.74) is 3.66. The van der Waals surface area contributed by atoms with Crippen molar-refractivity contribution in [2.45, 2.75) is 33.0 Å². The SMILES string of the molecule is CC(=O)c1c(NC(C(N)=O)C(C)C)cccc1C(F)(F)F. The van der Waals surface area contributed by atoms with Crippen molar-refractivity contribution in [3.05, 3.63) is 29.3 Å². The van der Waals surface area contributed by atoms with Crippen LogP contribution in [0.4, 0.5) is 18.9 Å². The van der Waals surface area contributed by atoms with E-state index in [0.29, 0.717) is 0 Å².